The minimum Gasteiger partial charge on any atom is -0.375 e. The van der Waals surface area contributed by atoms with E-state index in [4.69, 9.17) is 11.6 Å². The van der Waals surface area contributed by atoms with E-state index in [-0.39, 0.29) is 12.2 Å². The molecule has 0 unspecified atom stereocenters. The lowest BCUT2D eigenvalue weighted by Crippen LogP contribution is -2.41. The standard InChI is InChI=1S/C27H26ClNO3/c1-17(2)20-8-10-21(11-9-20)25(30)15-27(32)23-14-22(28)12-13-24(23)29(26(27)31)16-19-6-4-18(3)5-7-19/h4-14,17,32H,15-16H2,1-3H3/t27-/m0/s1. The summed E-state index contributed by atoms with van der Waals surface area (Å²) in [7, 11) is 0. The normalized spacial score (nSPS) is 17.7. The SMILES string of the molecule is Cc1ccc(CN2C(=O)[C@](O)(CC(=O)c3ccc(C(C)C)cc3)c3cc(Cl)ccc32)cc1. The van der Waals surface area contributed by atoms with Crippen LogP contribution in [0.5, 0.6) is 0 Å². The zero-order chi connectivity index (χ0) is 23.0. The molecular formula is C27H26ClNO3. The number of amides is 1. The van der Waals surface area contributed by atoms with Gasteiger partial charge >= 0.3 is 0 Å². The Kier molecular flexibility index (Phi) is 5.93. The number of fused-ring (bicyclic) bond motifs is 1. The van der Waals surface area contributed by atoms with Crippen LogP contribution in [-0.2, 0) is 16.9 Å². The maximum absolute atomic E-state index is 13.5. The van der Waals surface area contributed by atoms with Crippen LogP contribution >= 0.6 is 11.6 Å². The lowest BCUT2D eigenvalue weighted by Gasteiger charge is -2.23. The molecule has 0 spiro atoms. The average Bonchev–Trinajstić information content (AvgIpc) is 2.96. The van der Waals surface area contributed by atoms with Crippen molar-refractivity contribution in [1.82, 2.24) is 0 Å². The summed E-state index contributed by atoms with van der Waals surface area (Å²) in [5.74, 6) is -0.453. The van der Waals surface area contributed by atoms with E-state index in [0.29, 0.717) is 34.3 Å². The second-order valence-electron chi connectivity index (χ2n) is 8.78. The molecule has 0 saturated carbocycles. The number of carbonyl (C=O) groups excluding carboxylic acids is 2. The summed E-state index contributed by atoms with van der Waals surface area (Å²) in [6.07, 6.45) is -0.343. The molecule has 0 fully saturated rings. The van der Waals surface area contributed by atoms with E-state index < -0.39 is 11.5 Å². The third kappa shape index (κ3) is 4.08. The predicted octanol–water partition coefficient (Wildman–Crippen LogP) is 5.78. The minimum absolute atomic E-state index is 0.292. The Morgan fingerprint density at radius 3 is 2.31 bits per heavy atom. The van der Waals surface area contributed by atoms with Crippen molar-refractivity contribution in [2.75, 3.05) is 4.90 Å². The van der Waals surface area contributed by atoms with E-state index in [9.17, 15) is 14.7 Å². The monoisotopic (exact) mass is 447 g/mol. The van der Waals surface area contributed by atoms with Crippen LogP contribution in [0.4, 0.5) is 5.69 Å². The molecule has 0 aromatic heterocycles. The van der Waals surface area contributed by atoms with Crippen LogP contribution in [0.2, 0.25) is 5.02 Å². The lowest BCUT2D eigenvalue weighted by molar-refractivity contribution is -0.136. The first-order chi connectivity index (χ1) is 15.2. The molecule has 0 aliphatic carbocycles. The van der Waals surface area contributed by atoms with Gasteiger partial charge in [0.15, 0.2) is 11.4 Å². The number of benzene rings is 3. The van der Waals surface area contributed by atoms with Gasteiger partial charge in [0, 0.05) is 16.1 Å². The highest BCUT2D eigenvalue weighted by molar-refractivity contribution is 6.31. The molecule has 1 N–H and O–H groups in total. The van der Waals surface area contributed by atoms with E-state index in [2.05, 4.69) is 13.8 Å². The first kappa shape index (κ1) is 22.3. The van der Waals surface area contributed by atoms with Crippen molar-refractivity contribution in [3.63, 3.8) is 0 Å². The number of ketones is 1. The molecule has 0 radical (unpaired) electrons. The highest BCUT2D eigenvalue weighted by atomic mass is 35.5. The summed E-state index contributed by atoms with van der Waals surface area (Å²) < 4.78 is 0. The zero-order valence-electron chi connectivity index (χ0n) is 18.4. The summed E-state index contributed by atoms with van der Waals surface area (Å²) in [5.41, 5.74) is 2.64. The Labute approximate surface area is 193 Å². The van der Waals surface area contributed by atoms with Crippen LogP contribution in [-0.4, -0.2) is 16.8 Å². The number of aryl methyl sites for hydroxylation is 1. The average molecular weight is 448 g/mol. The van der Waals surface area contributed by atoms with Gasteiger partial charge in [-0.05, 0) is 42.2 Å². The molecule has 1 amide bonds. The van der Waals surface area contributed by atoms with Gasteiger partial charge in [-0.3, -0.25) is 9.59 Å². The summed E-state index contributed by atoms with van der Waals surface area (Å²) >= 11 is 6.20. The fourth-order valence-electron chi connectivity index (χ4n) is 4.11. The number of hydrogen-bond acceptors (Lipinski definition) is 3. The molecule has 32 heavy (non-hydrogen) atoms. The van der Waals surface area contributed by atoms with E-state index in [0.717, 1.165) is 16.7 Å². The Morgan fingerprint density at radius 2 is 1.69 bits per heavy atom. The van der Waals surface area contributed by atoms with Crippen molar-refractivity contribution >= 4 is 29.0 Å². The molecule has 1 aliphatic rings. The maximum Gasteiger partial charge on any atom is 0.264 e. The molecular weight excluding hydrogens is 422 g/mol. The summed E-state index contributed by atoms with van der Waals surface area (Å²) in [4.78, 5) is 28.1. The summed E-state index contributed by atoms with van der Waals surface area (Å²) in [6.45, 7) is 6.47. The largest absolute Gasteiger partial charge is 0.375 e. The van der Waals surface area contributed by atoms with Crippen molar-refractivity contribution in [2.45, 2.75) is 45.3 Å². The summed E-state index contributed by atoms with van der Waals surface area (Å²) in [6, 6.07) is 20.2. The Morgan fingerprint density at radius 1 is 1.03 bits per heavy atom. The number of nitrogens with zero attached hydrogens (tertiary/aromatic N) is 1. The molecule has 4 rings (SSSR count). The fourth-order valence-corrected chi connectivity index (χ4v) is 4.29. The second-order valence-corrected chi connectivity index (χ2v) is 9.21. The lowest BCUT2D eigenvalue weighted by atomic mass is 9.87. The smallest absolute Gasteiger partial charge is 0.264 e. The fraction of sp³-hybridized carbons (Fsp3) is 0.259. The number of rotatable bonds is 6. The Bertz CT molecular complexity index is 1170. The van der Waals surface area contributed by atoms with Crippen LogP contribution in [0.25, 0.3) is 0 Å². The number of Topliss-reactive ketones (excluding diaryl/α,β-unsaturated/α-hetero) is 1. The molecule has 4 nitrogen and oxygen atoms in total. The Balaban J connectivity index is 1.66. The van der Waals surface area contributed by atoms with Gasteiger partial charge < -0.3 is 10.0 Å². The van der Waals surface area contributed by atoms with Gasteiger partial charge in [0.1, 0.15) is 0 Å². The van der Waals surface area contributed by atoms with Gasteiger partial charge in [-0.25, -0.2) is 0 Å². The topological polar surface area (TPSA) is 57.6 Å². The van der Waals surface area contributed by atoms with E-state index in [1.165, 1.54) is 4.90 Å². The van der Waals surface area contributed by atoms with Crippen molar-refractivity contribution in [2.24, 2.45) is 0 Å². The first-order valence-electron chi connectivity index (χ1n) is 10.7. The number of halogens is 1. The van der Waals surface area contributed by atoms with Gasteiger partial charge in [0.2, 0.25) is 0 Å². The maximum atomic E-state index is 13.5. The highest BCUT2D eigenvalue weighted by Gasteiger charge is 2.51. The van der Waals surface area contributed by atoms with Crippen LogP contribution in [0.3, 0.4) is 0 Å². The quantitative estimate of drug-likeness (QED) is 0.487. The summed E-state index contributed by atoms with van der Waals surface area (Å²) in [5, 5.41) is 11.9. The van der Waals surface area contributed by atoms with Gasteiger partial charge in [0.05, 0.1) is 18.7 Å². The number of hydrogen-bond donors (Lipinski definition) is 1. The molecule has 3 aromatic rings. The third-order valence-corrected chi connectivity index (χ3v) is 6.31. The first-order valence-corrected chi connectivity index (χ1v) is 11.1. The van der Waals surface area contributed by atoms with Crippen LogP contribution in [0.1, 0.15) is 58.8 Å². The van der Waals surface area contributed by atoms with Crippen molar-refractivity contribution < 1.29 is 14.7 Å². The van der Waals surface area contributed by atoms with Crippen LogP contribution in [0, 0.1) is 6.92 Å². The minimum atomic E-state index is -1.96. The van der Waals surface area contributed by atoms with Crippen molar-refractivity contribution in [3.8, 4) is 0 Å². The molecule has 0 bridgehead atoms. The van der Waals surface area contributed by atoms with Crippen molar-refractivity contribution in [3.05, 3.63) is 99.6 Å². The van der Waals surface area contributed by atoms with Gasteiger partial charge in [-0.2, -0.15) is 0 Å². The second kappa shape index (κ2) is 8.53. The number of anilines is 1. The number of aliphatic hydroxyl groups is 1. The van der Waals surface area contributed by atoms with Gasteiger partial charge in [0.25, 0.3) is 5.91 Å². The van der Waals surface area contributed by atoms with Gasteiger partial charge in [-0.15, -0.1) is 0 Å². The predicted molar refractivity (Wildman–Crippen MR) is 127 cm³/mol. The van der Waals surface area contributed by atoms with E-state index in [1.54, 1.807) is 30.3 Å². The highest BCUT2D eigenvalue weighted by Crippen LogP contribution is 2.44. The van der Waals surface area contributed by atoms with E-state index in [1.807, 2.05) is 43.3 Å². The molecule has 1 heterocycles. The third-order valence-electron chi connectivity index (χ3n) is 6.07. The number of carbonyl (C=O) groups is 2. The van der Waals surface area contributed by atoms with Crippen molar-refractivity contribution in [1.29, 1.82) is 0 Å². The van der Waals surface area contributed by atoms with Crippen LogP contribution in [0.15, 0.2) is 66.7 Å². The molecule has 0 saturated heterocycles. The molecule has 164 valence electrons. The molecule has 3 aromatic carbocycles. The zero-order valence-corrected chi connectivity index (χ0v) is 19.2. The molecule has 1 atom stereocenters. The van der Waals surface area contributed by atoms with E-state index >= 15 is 0 Å². The van der Waals surface area contributed by atoms with Crippen LogP contribution < -0.4 is 4.90 Å². The molecule has 5 heteroatoms. The van der Waals surface area contributed by atoms with Gasteiger partial charge in [-0.1, -0.05) is 79.5 Å². The Hall–Kier alpha value is -2.95. The molecule has 1 aliphatic heterocycles.